The first-order chi connectivity index (χ1) is 22.8. The lowest BCUT2D eigenvalue weighted by Gasteiger charge is -2.41. The summed E-state index contributed by atoms with van der Waals surface area (Å²) in [6.45, 7) is 1.81. The molecule has 0 aromatic heterocycles. The summed E-state index contributed by atoms with van der Waals surface area (Å²) < 4.78 is 30.5. The molecule has 8 rings (SSSR count). The van der Waals surface area contributed by atoms with Crippen molar-refractivity contribution < 1.29 is 33.9 Å². The Balaban J connectivity index is 1.41. The molecular formula is C38H40N2O7. The Morgan fingerprint density at radius 2 is 1.02 bits per heavy atom. The molecular weight excluding hydrogens is 596 g/mol. The second-order valence-corrected chi connectivity index (χ2v) is 13.0. The largest absolute Gasteiger partial charge is 0.504 e. The van der Waals surface area contributed by atoms with Crippen LogP contribution in [0.2, 0.25) is 0 Å². The van der Waals surface area contributed by atoms with Gasteiger partial charge in [-0.3, -0.25) is 9.80 Å². The maximum absolute atomic E-state index is 11.7. The zero-order valence-corrected chi connectivity index (χ0v) is 27.7. The molecule has 47 heavy (non-hydrogen) atoms. The number of benzene rings is 4. The molecule has 9 nitrogen and oxygen atoms in total. The van der Waals surface area contributed by atoms with Crippen LogP contribution in [0.1, 0.15) is 45.5 Å². The van der Waals surface area contributed by atoms with Crippen LogP contribution in [0.5, 0.6) is 46.0 Å². The summed E-state index contributed by atoms with van der Waals surface area (Å²) in [5.74, 6) is 3.12. The number of aromatic hydroxyl groups is 2. The van der Waals surface area contributed by atoms with Crippen LogP contribution in [-0.4, -0.2) is 75.6 Å². The number of likely N-dealkylation sites (N-methyl/N-ethyl adjacent to an activating group) is 2. The number of fused-ring (bicyclic) bond motifs is 4. The Bertz CT molecular complexity index is 1950. The summed E-state index contributed by atoms with van der Waals surface area (Å²) in [5.41, 5.74) is 9.70. The average molecular weight is 637 g/mol. The van der Waals surface area contributed by atoms with Gasteiger partial charge in [0.25, 0.3) is 0 Å². The van der Waals surface area contributed by atoms with E-state index < -0.39 is 0 Å². The molecule has 0 bridgehead atoms. The highest BCUT2D eigenvalue weighted by Gasteiger charge is 2.41. The molecule has 0 saturated heterocycles. The van der Waals surface area contributed by atoms with E-state index in [0.29, 0.717) is 45.6 Å². The standard InChI is InChI=1S/C38H40N2O7/c1-39-14-12-22-18-28(37(46-6)33-29(22)23(39)15-19-7-9-25(43-3)35(41)31(19)33)47-38-27(45-5)17-21-11-13-40(2)24-16-20-8-10-26(44-4)36(42)32(20)34(38)30(21)24/h7-10,17-18,23-24,41-42H,11-16H2,1-6H3/t23-,24-/m1/s1. The third-order valence-electron chi connectivity index (χ3n) is 10.8. The van der Waals surface area contributed by atoms with E-state index in [1.165, 1.54) is 5.56 Å². The predicted octanol–water partition coefficient (Wildman–Crippen LogP) is 6.43. The number of ether oxygens (including phenoxy) is 5. The van der Waals surface area contributed by atoms with Crippen molar-refractivity contribution in [1.29, 1.82) is 0 Å². The van der Waals surface area contributed by atoms with Crippen molar-refractivity contribution in [2.45, 2.75) is 37.8 Å². The summed E-state index contributed by atoms with van der Waals surface area (Å²) in [6, 6.07) is 12.1. The molecule has 244 valence electrons. The Morgan fingerprint density at radius 3 is 1.49 bits per heavy atom. The van der Waals surface area contributed by atoms with Gasteiger partial charge < -0.3 is 33.9 Å². The fourth-order valence-electron chi connectivity index (χ4n) is 8.46. The molecule has 2 aliphatic carbocycles. The first kappa shape index (κ1) is 29.8. The summed E-state index contributed by atoms with van der Waals surface area (Å²) >= 11 is 0. The van der Waals surface area contributed by atoms with Crippen LogP contribution >= 0.6 is 0 Å². The third kappa shape index (κ3) is 4.22. The van der Waals surface area contributed by atoms with Gasteiger partial charge in [0.2, 0.25) is 0 Å². The minimum atomic E-state index is 0.0845. The maximum Gasteiger partial charge on any atom is 0.177 e. The van der Waals surface area contributed by atoms with Gasteiger partial charge in [-0.15, -0.1) is 0 Å². The second kappa shape index (κ2) is 11.0. The Morgan fingerprint density at radius 1 is 0.553 bits per heavy atom. The Kier molecular flexibility index (Phi) is 6.97. The van der Waals surface area contributed by atoms with Crippen molar-refractivity contribution >= 4 is 0 Å². The number of methoxy groups -OCH3 is 4. The Hall–Kier alpha value is -4.60. The summed E-state index contributed by atoms with van der Waals surface area (Å²) in [6.07, 6.45) is 3.19. The van der Waals surface area contributed by atoms with Crippen LogP contribution in [0, 0.1) is 0 Å². The minimum Gasteiger partial charge on any atom is -0.504 e. The van der Waals surface area contributed by atoms with Crippen LogP contribution in [0.25, 0.3) is 22.3 Å². The molecule has 9 heteroatoms. The van der Waals surface area contributed by atoms with Crippen LogP contribution in [-0.2, 0) is 25.7 Å². The van der Waals surface area contributed by atoms with Gasteiger partial charge in [0.15, 0.2) is 46.0 Å². The third-order valence-corrected chi connectivity index (χ3v) is 10.8. The van der Waals surface area contributed by atoms with Crippen molar-refractivity contribution in [2.24, 2.45) is 0 Å². The van der Waals surface area contributed by atoms with Crippen LogP contribution in [0.3, 0.4) is 0 Å². The van der Waals surface area contributed by atoms with Gasteiger partial charge in [-0.1, -0.05) is 12.1 Å². The van der Waals surface area contributed by atoms with E-state index in [1.54, 1.807) is 28.4 Å². The number of hydrogen-bond donors (Lipinski definition) is 2. The van der Waals surface area contributed by atoms with Gasteiger partial charge in [0.05, 0.1) is 28.4 Å². The minimum absolute atomic E-state index is 0.0845. The molecule has 4 aromatic carbocycles. The van der Waals surface area contributed by atoms with E-state index >= 15 is 0 Å². The molecule has 2 aliphatic heterocycles. The topological polar surface area (TPSA) is 93.1 Å². The van der Waals surface area contributed by atoms with Gasteiger partial charge in [0, 0.05) is 47.4 Å². The van der Waals surface area contributed by atoms with Crippen molar-refractivity contribution in [3.63, 3.8) is 0 Å². The fraction of sp³-hybridized carbons (Fsp3) is 0.368. The highest BCUT2D eigenvalue weighted by atomic mass is 16.5. The molecule has 0 fully saturated rings. The molecule has 0 amide bonds. The van der Waals surface area contributed by atoms with Gasteiger partial charge in [-0.05, 0) is 97.4 Å². The lowest BCUT2D eigenvalue weighted by molar-refractivity contribution is 0.225. The zero-order valence-electron chi connectivity index (χ0n) is 27.7. The van der Waals surface area contributed by atoms with Crippen LogP contribution in [0.4, 0.5) is 0 Å². The smallest absolute Gasteiger partial charge is 0.177 e. The summed E-state index contributed by atoms with van der Waals surface area (Å²) in [5, 5.41) is 23.2. The molecule has 0 radical (unpaired) electrons. The van der Waals surface area contributed by atoms with E-state index in [1.807, 2.05) is 24.3 Å². The normalized spacial score (nSPS) is 19.2. The molecule has 0 spiro atoms. The summed E-state index contributed by atoms with van der Waals surface area (Å²) in [4.78, 5) is 4.75. The van der Waals surface area contributed by atoms with E-state index in [-0.39, 0.29) is 23.6 Å². The van der Waals surface area contributed by atoms with Gasteiger partial charge in [-0.25, -0.2) is 0 Å². The highest BCUT2D eigenvalue weighted by Crippen LogP contribution is 2.60. The van der Waals surface area contributed by atoms with E-state index in [0.717, 1.165) is 77.7 Å². The van der Waals surface area contributed by atoms with Crippen LogP contribution in [0.15, 0.2) is 36.4 Å². The van der Waals surface area contributed by atoms with Crippen molar-refractivity contribution in [3.8, 4) is 68.2 Å². The fourth-order valence-corrected chi connectivity index (χ4v) is 8.46. The molecule has 2 heterocycles. The average Bonchev–Trinajstić information content (AvgIpc) is 3.08. The summed E-state index contributed by atoms with van der Waals surface area (Å²) in [7, 11) is 10.7. The van der Waals surface area contributed by atoms with Crippen molar-refractivity contribution in [3.05, 3.63) is 69.8 Å². The first-order valence-electron chi connectivity index (χ1n) is 16.1. The number of nitrogens with zero attached hydrogens (tertiary/aromatic N) is 2. The lowest BCUT2D eigenvalue weighted by atomic mass is 9.75. The lowest BCUT2D eigenvalue weighted by Crippen LogP contribution is -2.36. The maximum atomic E-state index is 11.7. The molecule has 4 aromatic rings. The Labute approximate surface area is 274 Å². The zero-order chi connectivity index (χ0) is 32.7. The second-order valence-electron chi connectivity index (χ2n) is 13.0. The van der Waals surface area contributed by atoms with E-state index in [4.69, 9.17) is 23.7 Å². The molecule has 0 unspecified atom stereocenters. The molecule has 4 aliphatic rings. The number of hydrogen-bond acceptors (Lipinski definition) is 9. The first-order valence-corrected chi connectivity index (χ1v) is 16.1. The highest BCUT2D eigenvalue weighted by molar-refractivity contribution is 5.91. The van der Waals surface area contributed by atoms with Crippen molar-refractivity contribution in [2.75, 3.05) is 55.6 Å². The monoisotopic (exact) mass is 636 g/mol. The number of phenols is 2. The molecule has 2 N–H and O–H groups in total. The quantitative estimate of drug-likeness (QED) is 0.249. The van der Waals surface area contributed by atoms with Gasteiger partial charge in [0.1, 0.15) is 0 Å². The predicted molar refractivity (Wildman–Crippen MR) is 179 cm³/mol. The number of phenolic OH excluding ortho intramolecular Hbond substituents is 2. The molecule has 2 atom stereocenters. The molecule has 0 saturated carbocycles. The van der Waals surface area contributed by atoms with Crippen molar-refractivity contribution in [1.82, 2.24) is 9.80 Å². The van der Waals surface area contributed by atoms with Gasteiger partial charge >= 0.3 is 0 Å². The van der Waals surface area contributed by atoms with E-state index in [2.05, 4.69) is 36.0 Å². The SMILES string of the molecule is COc1ccc2c(c1O)-c1c(OC)c(Oc3c(OC)cc4c5c3-c3c(ccc(OC)c3O)C[C@H]5N(C)CC4)cc3c1[C@@H](C2)N(C)CC3. The van der Waals surface area contributed by atoms with Crippen LogP contribution < -0.4 is 23.7 Å². The van der Waals surface area contributed by atoms with Gasteiger partial charge in [-0.2, -0.15) is 0 Å². The number of rotatable bonds is 6. The van der Waals surface area contributed by atoms with E-state index in [9.17, 15) is 10.2 Å².